The molecule has 0 unspecified atom stereocenters. The van der Waals surface area contributed by atoms with E-state index in [0.717, 1.165) is 44.8 Å². The number of carbonyl (C=O) groups excluding carboxylic acids is 1. The lowest BCUT2D eigenvalue weighted by atomic mass is 9.71. The van der Waals surface area contributed by atoms with Crippen molar-refractivity contribution in [3.8, 4) is 0 Å². The van der Waals surface area contributed by atoms with E-state index in [-0.39, 0.29) is 11.3 Å². The van der Waals surface area contributed by atoms with Crippen LogP contribution in [0, 0.1) is 5.41 Å². The van der Waals surface area contributed by atoms with Crippen LogP contribution in [0.5, 0.6) is 0 Å². The highest BCUT2D eigenvalue weighted by Crippen LogP contribution is 2.39. The van der Waals surface area contributed by atoms with Crippen molar-refractivity contribution in [2.24, 2.45) is 5.41 Å². The first-order valence-corrected chi connectivity index (χ1v) is 8.53. The first kappa shape index (κ1) is 16.2. The van der Waals surface area contributed by atoms with E-state index in [1.807, 2.05) is 17.9 Å². The number of carbonyl (C=O) groups is 1. The van der Waals surface area contributed by atoms with Gasteiger partial charge in [0.15, 0.2) is 0 Å². The Labute approximate surface area is 138 Å². The molecule has 126 valence electrons. The number of pyridine rings is 1. The van der Waals surface area contributed by atoms with E-state index in [1.54, 1.807) is 12.3 Å². The van der Waals surface area contributed by atoms with E-state index >= 15 is 0 Å². The molecule has 1 atom stereocenters. The molecule has 3 heterocycles. The Balaban J connectivity index is 1.79. The Morgan fingerprint density at radius 1 is 1.22 bits per heavy atom. The van der Waals surface area contributed by atoms with Gasteiger partial charge in [-0.05, 0) is 38.3 Å². The van der Waals surface area contributed by atoms with Crippen molar-refractivity contribution < 1.29 is 9.90 Å². The molecule has 2 fully saturated rings. The fourth-order valence-corrected chi connectivity index (χ4v) is 3.44. The van der Waals surface area contributed by atoms with Gasteiger partial charge in [0.2, 0.25) is 0 Å². The maximum atomic E-state index is 12.6. The predicted molar refractivity (Wildman–Crippen MR) is 90.6 cm³/mol. The minimum absolute atomic E-state index is 0.106. The number of rotatable bonds is 2. The lowest BCUT2D eigenvalue weighted by Crippen LogP contribution is -2.56. The summed E-state index contributed by atoms with van der Waals surface area (Å²) in [5, 5.41) is 10.5. The van der Waals surface area contributed by atoms with Gasteiger partial charge in [-0.2, -0.15) is 0 Å². The quantitative estimate of drug-likeness (QED) is 0.909. The topological polar surface area (TPSA) is 56.7 Å². The average Bonchev–Trinajstić information content (AvgIpc) is 3.04. The van der Waals surface area contributed by atoms with Gasteiger partial charge in [-0.1, -0.05) is 13.8 Å². The second kappa shape index (κ2) is 5.78. The third-order valence-electron chi connectivity index (χ3n) is 5.62. The molecule has 1 aromatic rings. The van der Waals surface area contributed by atoms with Gasteiger partial charge in [-0.25, -0.2) is 4.98 Å². The summed E-state index contributed by atoms with van der Waals surface area (Å²) in [5.41, 5.74) is -0.180. The normalized spacial score (nSPS) is 27.3. The first-order chi connectivity index (χ1) is 10.8. The minimum Gasteiger partial charge on any atom is -0.389 e. The van der Waals surface area contributed by atoms with Gasteiger partial charge in [0.05, 0.1) is 5.60 Å². The monoisotopic (exact) mass is 317 g/mol. The number of piperidine rings is 1. The van der Waals surface area contributed by atoms with Gasteiger partial charge in [-0.15, -0.1) is 0 Å². The summed E-state index contributed by atoms with van der Waals surface area (Å²) >= 11 is 0. The highest BCUT2D eigenvalue weighted by molar-refractivity contribution is 5.95. The zero-order chi connectivity index (χ0) is 16.7. The molecular weight excluding hydrogens is 290 g/mol. The zero-order valence-corrected chi connectivity index (χ0v) is 14.4. The SMILES string of the molecule is CC1(C)CN(c2cc(C(=O)N3CCCC3)ccn2)CC[C@]1(C)O. The Hall–Kier alpha value is -1.62. The van der Waals surface area contributed by atoms with Crippen LogP contribution in [0.15, 0.2) is 18.3 Å². The smallest absolute Gasteiger partial charge is 0.254 e. The fraction of sp³-hybridized carbons (Fsp3) is 0.667. The van der Waals surface area contributed by atoms with Crippen LogP contribution in [0.3, 0.4) is 0 Å². The molecule has 1 aromatic heterocycles. The van der Waals surface area contributed by atoms with Crippen molar-refractivity contribution in [1.82, 2.24) is 9.88 Å². The van der Waals surface area contributed by atoms with Crippen LogP contribution in [0.4, 0.5) is 5.82 Å². The molecule has 2 aliphatic heterocycles. The van der Waals surface area contributed by atoms with Gasteiger partial charge in [0, 0.05) is 43.4 Å². The molecular formula is C18H27N3O2. The van der Waals surface area contributed by atoms with E-state index in [0.29, 0.717) is 12.0 Å². The van der Waals surface area contributed by atoms with Crippen molar-refractivity contribution in [1.29, 1.82) is 0 Å². The maximum absolute atomic E-state index is 12.6. The van der Waals surface area contributed by atoms with E-state index in [2.05, 4.69) is 23.7 Å². The number of anilines is 1. The molecule has 0 radical (unpaired) electrons. The third-order valence-corrected chi connectivity index (χ3v) is 5.62. The summed E-state index contributed by atoms with van der Waals surface area (Å²) in [7, 11) is 0. The fourth-order valence-electron chi connectivity index (χ4n) is 3.44. The van der Waals surface area contributed by atoms with Gasteiger partial charge >= 0.3 is 0 Å². The van der Waals surface area contributed by atoms with Crippen LogP contribution in [0.1, 0.15) is 50.4 Å². The largest absolute Gasteiger partial charge is 0.389 e. The van der Waals surface area contributed by atoms with Crippen LogP contribution in [0.2, 0.25) is 0 Å². The summed E-state index contributed by atoms with van der Waals surface area (Å²) in [6.45, 7) is 9.27. The van der Waals surface area contributed by atoms with Crippen LogP contribution < -0.4 is 4.90 Å². The molecule has 2 aliphatic rings. The number of hydrogen-bond acceptors (Lipinski definition) is 4. The lowest BCUT2D eigenvalue weighted by molar-refractivity contribution is -0.0650. The number of aromatic nitrogens is 1. The summed E-state index contributed by atoms with van der Waals surface area (Å²) in [4.78, 5) is 21.1. The molecule has 5 heteroatoms. The number of nitrogens with zero attached hydrogens (tertiary/aromatic N) is 3. The molecule has 3 rings (SSSR count). The summed E-state index contributed by atoms with van der Waals surface area (Å²) in [6.07, 6.45) is 4.61. The number of hydrogen-bond donors (Lipinski definition) is 1. The van der Waals surface area contributed by atoms with Crippen LogP contribution in [0.25, 0.3) is 0 Å². The number of amides is 1. The average molecular weight is 317 g/mol. The first-order valence-electron chi connectivity index (χ1n) is 8.53. The van der Waals surface area contributed by atoms with E-state index in [4.69, 9.17) is 0 Å². The molecule has 0 bridgehead atoms. The highest BCUT2D eigenvalue weighted by Gasteiger charge is 2.44. The molecule has 2 saturated heterocycles. The van der Waals surface area contributed by atoms with E-state index in [9.17, 15) is 9.90 Å². The summed E-state index contributed by atoms with van der Waals surface area (Å²) in [5.74, 6) is 0.938. The van der Waals surface area contributed by atoms with Gasteiger partial charge in [0.25, 0.3) is 5.91 Å². The van der Waals surface area contributed by atoms with Crippen LogP contribution >= 0.6 is 0 Å². The van der Waals surface area contributed by atoms with Gasteiger partial charge in [-0.3, -0.25) is 4.79 Å². The standard InChI is InChI=1S/C18H27N3O2/c1-17(2)13-21(11-7-18(17,3)23)15-12-14(6-8-19-15)16(22)20-9-4-5-10-20/h6,8,12,23H,4-5,7,9-11,13H2,1-3H3/t18-/m0/s1. The highest BCUT2D eigenvalue weighted by atomic mass is 16.3. The van der Waals surface area contributed by atoms with Crippen LogP contribution in [-0.2, 0) is 0 Å². The maximum Gasteiger partial charge on any atom is 0.254 e. The van der Waals surface area contributed by atoms with Crippen molar-refractivity contribution in [2.75, 3.05) is 31.1 Å². The molecule has 0 saturated carbocycles. The molecule has 0 aromatic carbocycles. The second-order valence-corrected chi connectivity index (χ2v) is 7.73. The van der Waals surface area contributed by atoms with E-state index in [1.165, 1.54) is 0 Å². The molecule has 1 N–H and O–H groups in total. The van der Waals surface area contributed by atoms with E-state index < -0.39 is 5.60 Å². The van der Waals surface area contributed by atoms with Crippen LogP contribution in [-0.4, -0.2) is 52.7 Å². The minimum atomic E-state index is -0.674. The Morgan fingerprint density at radius 3 is 2.57 bits per heavy atom. The number of aliphatic hydroxyl groups is 1. The molecule has 5 nitrogen and oxygen atoms in total. The van der Waals surface area contributed by atoms with Crippen molar-refractivity contribution >= 4 is 11.7 Å². The molecule has 1 amide bonds. The van der Waals surface area contributed by atoms with Crippen molar-refractivity contribution in [2.45, 2.75) is 45.6 Å². The summed E-state index contributed by atoms with van der Waals surface area (Å²) in [6, 6.07) is 3.70. The van der Waals surface area contributed by atoms with Crippen molar-refractivity contribution in [3.05, 3.63) is 23.9 Å². The Kier molecular flexibility index (Phi) is 4.08. The Morgan fingerprint density at radius 2 is 1.91 bits per heavy atom. The number of likely N-dealkylation sites (tertiary alicyclic amines) is 1. The van der Waals surface area contributed by atoms with Gasteiger partial charge < -0.3 is 14.9 Å². The van der Waals surface area contributed by atoms with Crippen molar-refractivity contribution in [3.63, 3.8) is 0 Å². The molecule has 0 spiro atoms. The zero-order valence-electron chi connectivity index (χ0n) is 14.4. The molecule has 0 aliphatic carbocycles. The Bertz CT molecular complexity index is 592. The molecule has 23 heavy (non-hydrogen) atoms. The lowest BCUT2D eigenvalue weighted by Gasteiger charge is -2.49. The second-order valence-electron chi connectivity index (χ2n) is 7.73. The summed E-state index contributed by atoms with van der Waals surface area (Å²) < 4.78 is 0. The predicted octanol–water partition coefficient (Wildman–Crippen LogP) is 2.30. The third kappa shape index (κ3) is 3.07. The van der Waals surface area contributed by atoms with Gasteiger partial charge in [0.1, 0.15) is 5.82 Å².